The standard InChI is InChI=1S/C15H32N2S/c1-6-12(3)8-15(7-2,11-16)17-9-13(4)18-14(5)10-17/h12-14H,6-11,16H2,1-5H3. The van der Waals surface area contributed by atoms with Crippen molar-refractivity contribution < 1.29 is 0 Å². The van der Waals surface area contributed by atoms with Crippen LogP contribution in [0.15, 0.2) is 0 Å². The Morgan fingerprint density at radius 3 is 2.22 bits per heavy atom. The quantitative estimate of drug-likeness (QED) is 0.804. The summed E-state index contributed by atoms with van der Waals surface area (Å²) in [5, 5.41) is 1.48. The molecule has 0 aromatic heterocycles. The first-order valence-corrected chi connectivity index (χ1v) is 8.52. The summed E-state index contributed by atoms with van der Waals surface area (Å²) in [6.45, 7) is 14.9. The molecule has 1 aliphatic rings. The van der Waals surface area contributed by atoms with Gasteiger partial charge in [-0.05, 0) is 18.8 Å². The Morgan fingerprint density at radius 1 is 1.28 bits per heavy atom. The number of nitrogens with zero attached hydrogens (tertiary/aromatic N) is 1. The third kappa shape index (κ3) is 3.88. The highest BCUT2D eigenvalue weighted by Gasteiger charge is 2.38. The van der Waals surface area contributed by atoms with Gasteiger partial charge in [-0.2, -0.15) is 11.8 Å². The molecule has 0 saturated carbocycles. The number of thioether (sulfide) groups is 1. The molecule has 2 nitrogen and oxygen atoms in total. The molecule has 2 N–H and O–H groups in total. The van der Waals surface area contributed by atoms with Crippen molar-refractivity contribution in [1.29, 1.82) is 0 Å². The normalized spacial score (nSPS) is 31.0. The van der Waals surface area contributed by atoms with Crippen molar-refractivity contribution in [3.05, 3.63) is 0 Å². The first-order valence-electron chi connectivity index (χ1n) is 7.58. The average molecular weight is 273 g/mol. The summed E-state index contributed by atoms with van der Waals surface area (Å²) in [7, 11) is 0. The lowest BCUT2D eigenvalue weighted by Crippen LogP contribution is -2.59. The van der Waals surface area contributed by atoms with Crippen LogP contribution in [-0.2, 0) is 0 Å². The largest absolute Gasteiger partial charge is 0.329 e. The van der Waals surface area contributed by atoms with E-state index in [0.29, 0.717) is 0 Å². The monoisotopic (exact) mass is 272 g/mol. The lowest BCUT2D eigenvalue weighted by molar-refractivity contribution is 0.0642. The van der Waals surface area contributed by atoms with Gasteiger partial charge in [-0.3, -0.25) is 4.90 Å². The molecule has 4 atom stereocenters. The predicted octanol–water partition coefficient (Wildman–Crippen LogP) is 3.36. The zero-order valence-corrected chi connectivity index (χ0v) is 13.7. The summed E-state index contributed by atoms with van der Waals surface area (Å²) in [6.07, 6.45) is 3.69. The van der Waals surface area contributed by atoms with Gasteiger partial charge in [0, 0.05) is 35.7 Å². The van der Waals surface area contributed by atoms with E-state index in [9.17, 15) is 0 Å². The predicted molar refractivity (Wildman–Crippen MR) is 84.2 cm³/mol. The Morgan fingerprint density at radius 2 is 1.83 bits per heavy atom. The number of hydrogen-bond acceptors (Lipinski definition) is 3. The molecule has 0 aromatic rings. The molecule has 1 fully saturated rings. The van der Waals surface area contributed by atoms with E-state index in [-0.39, 0.29) is 5.54 Å². The first-order chi connectivity index (χ1) is 8.47. The smallest absolute Gasteiger partial charge is 0.0332 e. The fourth-order valence-corrected chi connectivity index (χ4v) is 4.54. The maximum absolute atomic E-state index is 6.19. The molecule has 0 bridgehead atoms. The third-order valence-corrected chi connectivity index (χ3v) is 5.78. The molecule has 0 spiro atoms. The van der Waals surface area contributed by atoms with Crippen molar-refractivity contribution in [3.63, 3.8) is 0 Å². The molecule has 1 saturated heterocycles. The van der Waals surface area contributed by atoms with E-state index in [1.165, 1.54) is 32.4 Å². The highest BCUT2D eigenvalue weighted by Crippen LogP contribution is 2.34. The first kappa shape index (κ1) is 16.3. The Balaban J connectivity index is 2.81. The van der Waals surface area contributed by atoms with Crippen molar-refractivity contribution in [2.75, 3.05) is 19.6 Å². The van der Waals surface area contributed by atoms with Crippen LogP contribution >= 0.6 is 11.8 Å². The molecule has 0 amide bonds. The third-order valence-electron chi connectivity index (χ3n) is 4.55. The van der Waals surface area contributed by atoms with Gasteiger partial charge in [0.15, 0.2) is 0 Å². The van der Waals surface area contributed by atoms with Gasteiger partial charge in [-0.15, -0.1) is 0 Å². The Bertz CT molecular complexity index is 231. The van der Waals surface area contributed by atoms with Gasteiger partial charge in [0.2, 0.25) is 0 Å². The fourth-order valence-electron chi connectivity index (χ4n) is 3.21. The fraction of sp³-hybridized carbons (Fsp3) is 1.00. The highest BCUT2D eigenvalue weighted by molar-refractivity contribution is 8.00. The lowest BCUT2D eigenvalue weighted by Gasteiger charge is -2.49. The van der Waals surface area contributed by atoms with E-state index >= 15 is 0 Å². The Hall–Kier alpha value is 0.270. The second-order valence-corrected chi connectivity index (χ2v) is 8.04. The maximum Gasteiger partial charge on any atom is 0.0332 e. The lowest BCUT2D eigenvalue weighted by atomic mass is 9.82. The van der Waals surface area contributed by atoms with E-state index < -0.39 is 0 Å². The van der Waals surface area contributed by atoms with Gasteiger partial charge >= 0.3 is 0 Å². The summed E-state index contributed by atoms with van der Waals surface area (Å²) in [5.41, 5.74) is 6.43. The van der Waals surface area contributed by atoms with Gasteiger partial charge in [0.1, 0.15) is 0 Å². The molecule has 4 unspecified atom stereocenters. The molecular weight excluding hydrogens is 240 g/mol. The maximum atomic E-state index is 6.19. The molecule has 108 valence electrons. The van der Waals surface area contributed by atoms with Crippen molar-refractivity contribution in [2.45, 2.75) is 69.9 Å². The highest BCUT2D eigenvalue weighted by atomic mass is 32.2. The van der Waals surface area contributed by atoms with Gasteiger partial charge in [-0.25, -0.2) is 0 Å². The minimum atomic E-state index is 0.235. The molecule has 1 rings (SSSR count). The van der Waals surface area contributed by atoms with E-state index in [4.69, 9.17) is 5.73 Å². The van der Waals surface area contributed by atoms with Crippen LogP contribution < -0.4 is 5.73 Å². The summed E-state index contributed by atoms with van der Waals surface area (Å²) in [6, 6.07) is 0. The number of rotatable bonds is 6. The van der Waals surface area contributed by atoms with Crippen LogP contribution in [0.2, 0.25) is 0 Å². The summed E-state index contributed by atoms with van der Waals surface area (Å²) < 4.78 is 0. The van der Waals surface area contributed by atoms with Gasteiger partial charge in [0.05, 0.1) is 0 Å². The van der Waals surface area contributed by atoms with Crippen LogP contribution in [0.25, 0.3) is 0 Å². The van der Waals surface area contributed by atoms with Crippen molar-refractivity contribution >= 4 is 11.8 Å². The second-order valence-electron chi connectivity index (χ2n) is 6.16. The zero-order chi connectivity index (χ0) is 13.8. The van der Waals surface area contributed by atoms with Crippen molar-refractivity contribution in [2.24, 2.45) is 11.7 Å². The SMILES string of the molecule is CCC(C)CC(CC)(CN)N1CC(C)SC(C)C1. The topological polar surface area (TPSA) is 29.3 Å². The molecule has 1 aliphatic heterocycles. The van der Waals surface area contributed by atoms with E-state index in [1.807, 2.05) is 0 Å². The summed E-state index contributed by atoms with van der Waals surface area (Å²) in [5.74, 6) is 0.772. The molecule has 0 radical (unpaired) electrons. The minimum Gasteiger partial charge on any atom is -0.329 e. The van der Waals surface area contributed by atoms with Crippen LogP contribution in [0.1, 0.15) is 53.9 Å². The summed E-state index contributed by atoms with van der Waals surface area (Å²) in [4.78, 5) is 2.70. The zero-order valence-electron chi connectivity index (χ0n) is 12.9. The van der Waals surface area contributed by atoms with E-state index in [1.54, 1.807) is 0 Å². The second kappa shape index (κ2) is 7.16. The molecule has 1 heterocycles. The van der Waals surface area contributed by atoms with Gasteiger partial charge in [-0.1, -0.05) is 41.0 Å². The van der Waals surface area contributed by atoms with Crippen LogP contribution in [0.3, 0.4) is 0 Å². The number of nitrogens with two attached hydrogens (primary N) is 1. The average Bonchev–Trinajstić information content (AvgIpc) is 2.34. The molecule has 0 aromatic carbocycles. The van der Waals surface area contributed by atoms with E-state index in [2.05, 4.69) is 51.3 Å². The van der Waals surface area contributed by atoms with Crippen molar-refractivity contribution in [3.8, 4) is 0 Å². The van der Waals surface area contributed by atoms with Crippen LogP contribution in [-0.4, -0.2) is 40.6 Å². The van der Waals surface area contributed by atoms with Crippen LogP contribution in [0, 0.1) is 5.92 Å². The molecule has 18 heavy (non-hydrogen) atoms. The van der Waals surface area contributed by atoms with Gasteiger partial charge in [0.25, 0.3) is 0 Å². The molecular formula is C15H32N2S. The van der Waals surface area contributed by atoms with Crippen molar-refractivity contribution in [1.82, 2.24) is 4.90 Å². The van der Waals surface area contributed by atoms with Crippen LogP contribution in [0.4, 0.5) is 0 Å². The van der Waals surface area contributed by atoms with Gasteiger partial charge < -0.3 is 5.73 Å². The summed E-state index contributed by atoms with van der Waals surface area (Å²) >= 11 is 2.12. The molecule has 3 heteroatoms. The molecule has 0 aliphatic carbocycles. The Kier molecular flexibility index (Phi) is 6.49. The Labute approximate surface area is 118 Å². The van der Waals surface area contributed by atoms with E-state index in [0.717, 1.165) is 23.0 Å². The minimum absolute atomic E-state index is 0.235. The number of hydrogen-bond donors (Lipinski definition) is 1. The van der Waals surface area contributed by atoms with Crippen LogP contribution in [0.5, 0.6) is 0 Å².